The molecule has 1 fully saturated rings. The van der Waals surface area contributed by atoms with Gasteiger partial charge >= 0.3 is 0 Å². The summed E-state index contributed by atoms with van der Waals surface area (Å²) in [7, 11) is -3.11. The average molecular weight is 212 g/mol. The number of sulfonamides is 1. The van der Waals surface area contributed by atoms with Gasteiger partial charge in [-0.15, -0.1) is 11.6 Å². The summed E-state index contributed by atoms with van der Waals surface area (Å²) in [5.74, 6) is 0.375. The van der Waals surface area contributed by atoms with Gasteiger partial charge in [-0.05, 0) is 12.8 Å². The highest BCUT2D eigenvalue weighted by Crippen LogP contribution is 2.31. The standard InChI is InChI=1S/C7H14ClNO2S/c1-12(10,11)9-7(6-8)4-2-3-5-7/h9H,2-6H2,1H3. The lowest BCUT2D eigenvalue weighted by molar-refractivity contribution is 0.435. The van der Waals surface area contributed by atoms with E-state index in [1.165, 1.54) is 6.26 Å². The molecule has 0 aromatic rings. The van der Waals surface area contributed by atoms with E-state index < -0.39 is 10.0 Å². The lowest BCUT2D eigenvalue weighted by atomic mass is 10.0. The van der Waals surface area contributed by atoms with Crippen molar-refractivity contribution in [2.45, 2.75) is 31.2 Å². The molecule has 0 atom stereocenters. The van der Waals surface area contributed by atoms with E-state index in [9.17, 15) is 8.42 Å². The number of hydrogen-bond acceptors (Lipinski definition) is 2. The fourth-order valence-electron chi connectivity index (χ4n) is 1.71. The second-order valence-corrected chi connectivity index (χ2v) is 5.51. The van der Waals surface area contributed by atoms with Crippen LogP contribution in [0.3, 0.4) is 0 Å². The minimum absolute atomic E-state index is 0.352. The van der Waals surface area contributed by atoms with Gasteiger partial charge in [0.15, 0.2) is 0 Å². The zero-order chi connectivity index (χ0) is 9.24. The van der Waals surface area contributed by atoms with Gasteiger partial charge in [0.2, 0.25) is 10.0 Å². The SMILES string of the molecule is CS(=O)(=O)NC1(CCl)CCCC1. The minimum atomic E-state index is -3.11. The summed E-state index contributed by atoms with van der Waals surface area (Å²) in [5.41, 5.74) is -0.352. The minimum Gasteiger partial charge on any atom is -0.213 e. The molecule has 0 aromatic carbocycles. The number of rotatable bonds is 3. The molecule has 0 bridgehead atoms. The highest BCUT2D eigenvalue weighted by molar-refractivity contribution is 7.88. The topological polar surface area (TPSA) is 46.2 Å². The summed E-state index contributed by atoms with van der Waals surface area (Å²) in [4.78, 5) is 0. The van der Waals surface area contributed by atoms with E-state index in [4.69, 9.17) is 11.6 Å². The largest absolute Gasteiger partial charge is 0.213 e. The Morgan fingerprint density at radius 1 is 1.42 bits per heavy atom. The van der Waals surface area contributed by atoms with Crippen LogP contribution in [0.5, 0.6) is 0 Å². The van der Waals surface area contributed by atoms with Crippen LogP contribution < -0.4 is 4.72 Å². The molecule has 0 unspecified atom stereocenters. The molecular formula is C7H14ClNO2S. The molecular weight excluding hydrogens is 198 g/mol. The van der Waals surface area contributed by atoms with Gasteiger partial charge in [0.05, 0.1) is 6.26 Å². The quantitative estimate of drug-likeness (QED) is 0.711. The summed E-state index contributed by atoms with van der Waals surface area (Å²) >= 11 is 5.74. The van der Waals surface area contributed by atoms with Crippen LogP contribution in [0, 0.1) is 0 Å². The third kappa shape index (κ3) is 2.61. The van der Waals surface area contributed by atoms with E-state index in [1.807, 2.05) is 0 Å². The number of alkyl halides is 1. The first-order valence-corrected chi connectivity index (χ1v) is 6.45. The van der Waals surface area contributed by atoms with E-state index in [0.29, 0.717) is 5.88 Å². The maximum absolute atomic E-state index is 11.0. The zero-order valence-electron chi connectivity index (χ0n) is 7.14. The van der Waals surface area contributed by atoms with Gasteiger partial charge in [-0.3, -0.25) is 0 Å². The lowest BCUT2D eigenvalue weighted by Crippen LogP contribution is -2.47. The van der Waals surface area contributed by atoms with Gasteiger partial charge in [0.1, 0.15) is 0 Å². The van der Waals surface area contributed by atoms with Gasteiger partial charge in [0.25, 0.3) is 0 Å². The van der Waals surface area contributed by atoms with Crippen LogP contribution in [0.1, 0.15) is 25.7 Å². The third-order valence-corrected chi connectivity index (χ3v) is 3.53. The molecule has 1 saturated carbocycles. The van der Waals surface area contributed by atoms with Gasteiger partial charge in [0, 0.05) is 11.4 Å². The molecule has 72 valence electrons. The Bertz CT molecular complexity index is 244. The van der Waals surface area contributed by atoms with E-state index >= 15 is 0 Å². The smallest absolute Gasteiger partial charge is 0.209 e. The highest BCUT2D eigenvalue weighted by Gasteiger charge is 2.35. The van der Waals surface area contributed by atoms with E-state index in [1.54, 1.807) is 0 Å². The predicted octanol–water partition coefficient (Wildman–Crippen LogP) is 1.09. The van der Waals surface area contributed by atoms with Crippen LogP contribution in [0.25, 0.3) is 0 Å². The van der Waals surface area contributed by atoms with Gasteiger partial charge < -0.3 is 0 Å². The van der Waals surface area contributed by atoms with Crippen LogP contribution >= 0.6 is 11.6 Å². The van der Waals surface area contributed by atoms with Crippen molar-refractivity contribution in [1.29, 1.82) is 0 Å². The number of halogens is 1. The monoisotopic (exact) mass is 211 g/mol. The average Bonchev–Trinajstić information content (AvgIpc) is 2.34. The molecule has 0 amide bonds. The number of hydrogen-bond donors (Lipinski definition) is 1. The van der Waals surface area contributed by atoms with Gasteiger partial charge in [-0.1, -0.05) is 12.8 Å². The Morgan fingerprint density at radius 2 is 1.92 bits per heavy atom. The Hall–Kier alpha value is 0.200. The summed E-state index contributed by atoms with van der Waals surface area (Å²) in [6.07, 6.45) is 5.04. The van der Waals surface area contributed by atoms with Crippen LogP contribution in [0.4, 0.5) is 0 Å². The highest BCUT2D eigenvalue weighted by atomic mass is 35.5. The van der Waals surface area contributed by atoms with Crippen molar-refractivity contribution in [1.82, 2.24) is 4.72 Å². The lowest BCUT2D eigenvalue weighted by Gasteiger charge is -2.26. The molecule has 12 heavy (non-hydrogen) atoms. The number of nitrogens with one attached hydrogen (secondary N) is 1. The van der Waals surface area contributed by atoms with Crippen LogP contribution in [0.2, 0.25) is 0 Å². The first-order valence-electron chi connectivity index (χ1n) is 4.02. The normalized spacial score (nSPS) is 22.8. The van der Waals surface area contributed by atoms with E-state index in [0.717, 1.165) is 25.7 Å². The first-order chi connectivity index (χ1) is 5.47. The molecule has 1 rings (SSSR count). The van der Waals surface area contributed by atoms with Crippen LogP contribution in [-0.4, -0.2) is 26.1 Å². The summed E-state index contributed by atoms with van der Waals surface area (Å²) in [6, 6.07) is 0. The van der Waals surface area contributed by atoms with Crippen molar-refractivity contribution in [2.75, 3.05) is 12.1 Å². The molecule has 0 aliphatic heterocycles. The Labute approximate surface area is 78.5 Å². The molecule has 0 spiro atoms. The maximum Gasteiger partial charge on any atom is 0.209 e. The van der Waals surface area contributed by atoms with Crippen molar-refractivity contribution < 1.29 is 8.42 Å². The van der Waals surface area contributed by atoms with Gasteiger partial charge in [-0.2, -0.15) is 0 Å². The second-order valence-electron chi connectivity index (χ2n) is 3.50. The van der Waals surface area contributed by atoms with Crippen molar-refractivity contribution in [3.63, 3.8) is 0 Å². The van der Waals surface area contributed by atoms with Crippen molar-refractivity contribution >= 4 is 21.6 Å². The molecule has 1 aliphatic rings. The second kappa shape index (κ2) is 3.52. The zero-order valence-corrected chi connectivity index (χ0v) is 8.71. The summed E-state index contributed by atoms with van der Waals surface area (Å²) in [5, 5.41) is 0. The molecule has 5 heteroatoms. The first kappa shape index (κ1) is 10.3. The predicted molar refractivity (Wildman–Crippen MR) is 49.9 cm³/mol. The van der Waals surface area contributed by atoms with Crippen molar-refractivity contribution in [3.05, 3.63) is 0 Å². The molecule has 1 N–H and O–H groups in total. The third-order valence-electron chi connectivity index (χ3n) is 2.22. The summed E-state index contributed by atoms with van der Waals surface area (Å²) in [6.45, 7) is 0. The fraction of sp³-hybridized carbons (Fsp3) is 1.00. The molecule has 1 aliphatic carbocycles. The van der Waals surface area contributed by atoms with Crippen LogP contribution in [0.15, 0.2) is 0 Å². The molecule has 0 heterocycles. The van der Waals surface area contributed by atoms with E-state index in [-0.39, 0.29) is 5.54 Å². The van der Waals surface area contributed by atoms with E-state index in [2.05, 4.69) is 4.72 Å². The Balaban J connectivity index is 2.68. The van der Waals surface area contributed by atoms with Crippen LogP contribution in [-0.2, 0) is 10.0 Å². The Kier molecular flexibility index (Phi) is 3.01. The fourth-order valence-corrected chi connectivity index (χ4v) is 3.18. The molecule has 0 saturated heterocycles. The molecule has 3 nitrogen and oxygen atoms in total. The maximum atomic E-state index is 11.0. The Morgan fingerprint density at radius 3 is 2.25 bits per heavy atom. The molecule has 0 radical (unpaired) electrons. The van der Waals surface area contributed by atoms with Crippen molar-refractivity contribution in [2.24, 2.45) is 0 Å². The molecule has 0 aromatic heterocycles. The van der Waals surface area contributed by atoms with Gasteiger partial charge in [-0.25, -0.2) is 13.1 Å². The van der Waals surface area contributed by atoms with Crippen molar-refractivity contribution in [3.8, 4) is 0 Å². The summed E-state index contributed by atoms with van der Waals surface area (Å²) < 4.78 is 24.6.